The van der Waals surface area contributed by atoms with Crippen LogP contribution in [0.15, 0.2) is 8.83 Å². The molecule has 0 saturated heterocycles. The number of oxazole rings is 2. The number of hydrogen-bond acceptors (Lipinski definition) is 5. The highest BCUT2D eigenvalue weighted by Crippen LogP contribution is 2.26. The van der Waals surface area contributed by atoms with Crippen molar-refractivity contribution in [3.8, 4) is 11.7 Å². The van der Waals surface area contributed by atoms with E-state index >= 15 is 0 Å². The van der Waals surface area contributed by atoms with Crippen LogP contribution in [0.3, 0.4) is 0 Å². The lowest BCUT2D eigenvalue weighted by molar-refractivity contribution is 0.0661. The summed E-state index contributed by atoms with van der Waals surface area (Å²) in [4.78, 5) is 19.3. The summed E-state index contributed by atoms with van der Waals surface area (Å²) in [7, 11) is 0. The van der Waals surface area contributed by atoms with E-state index in [1.807, 2.05) is 6.92 Å². The van der Waals surface area contributed by atoms with Crippen LogP contribution in [0.4, 0.5) is 0 Å². The van der Waals surface area contributed by atoms with Crippen LogP contribution in [0.25, 0.3) is 11.7 Å². The molecule has 0 aromatic carbocycles. The second kappa shape index (κ2) is 4.64. The molecule has 0 fully saturated rings. The molecule has 6 nitrogen and oxygen atoms in total. The minimum atomic E-state index is -1.12. The van der Waals surface area contributed by atoms with Gasteiger partial charge in [0.15, 0.2) is 5.89 Å². The van der Waals surface area contributed by atoms with Crippen LogP contribution in [0, 0.1) is 13.8 Å². The minimum Gasteiger partial charge on any atom is -0.475 e. The van der Waals surface area contributed by atoms with E-state index in [1.54, 1.807) is 13.8 Å². The number of aromatic nitrogens is 2. The zero-order chi connectivity index (χ0) is 13.3. The third kappa shape index (κ3) is 2.13. The van der Waals surface area contributed by atoms with Crippen LogP contribution in [-0.2, 0) is 6.42 Å². The van der Waals surface area contributed by atoms with Crippen molar-refractivity contribution in [2.75, 3.05) is 0 Å². The lowest BCUT2D eigenvalue weighted by atomic mass is 10.2. The molecule has 0 saturated carbocycles. The quantitative estimate of drug-likeness (QED) is 0.897. The maximum absolute atomic E-state index is 11.1. The first-order chi connectivity index (χ1) is 8.52. The first kappa shape index (κ1) is 12.3. The molecule has 2 heterocycles. The van der Waals surface area contributed by atoms with E-state index in [0.29, 0.717) is 29.5 Å². The minimum absolute atomic E-state index is 0.125. The maximum Gasteiger partial charge on any atom is 0.373 e. The second-order valence-corrected chi connectivity index (χ2v) is 4.00. The SMILES string of the molecule is CCCc1nc(-c2oc(C)nc2C)oc1C(=O)O. The molecule has 0 bridgehead atoms. The Morgan fingerprint density at radius 3 is 2.50 bits per heavy atom. The Morgan fingerprint density at radius 2 is 2.00 bits per heavy atom. The van der Waals surface area contributed by atoms with Crippen LogP contribution in [-0.4, -0.2) is 21.0 Å². The van der Waals surface area contributed by atoms with Crippen molar-refractivity contribution < 1.29 is 18.7 Å². The number of carboxylic acid groups (broad SMARTS) is 1. The van der Waals surface area contributed by atoms with Crippen LogP contribution in [0.1, 0.15) is 41.2 Å². The molecule has 0 aliphatic carbocycles. The fraction of sp³-hybridized carbons (Fsp3) is 0.417. The van der Waals surface area contributed by atoms with Gasteiger partial charge in [0.2, 0.25) is 11.5 Å². The van der Waals surface area contributed by atoms with Gasteiger partial charge in [-0.1, -0.05) is 13.3 Å². The van der Waals surface area contributed by atoms with E-state index in [1.165, 1.54) is 0 Å². The number of carbonyl (C=O) groups is 1. The van der Waals surface area contributed by atoms with Gasteiger partial charge in [0.25, 0.3) is 5.89 Å². The standard InChI is InChI=1S/C12H14N2O4/c1-4-5-8-10(12(15)16)18-11(14-8)9-6(2)13-7(3)17-9/h4-5H2,1-3H3,(H,15,16). The summed E-state index contributed by atoms with van der Waals surface area (Å²) in [6, 6.07) is 0. The highest BCUT2D eigenvalue weighted by atomic mass is 16.4. The van der Waals surface area contributed by atoms with E-state index in [-0.39, 0.29) is 11.7 Å². The summed E-state index contributed by atoms with van der Waals surface area (Å²) in [6.07, 6.45) is 1.35. The first-order valence-electron chi connectivity index (χ1n) is 5.70. The predicted octanol–water partition coefficient (Wildman–Crippen LogP) is 2.60. The summed E-state index contributed by atoms with van der Waals surface area (Å²) in [6.45, 7) is 5.42. The Bertz CT molecular complexity index is 583. The van der Waals surface area contributed by atoms with Gasteiger partial charge in [-0.25, -0.2) is 14.8 Å². The third-order valence-corrected chi connectivity index (χ3v) is 2.48. The van der Waals surface area contributed by atoms with Gasteiger partial charge in [-0.15, -0.1) is 0 Å². The monoisotopic (exact) mass is 250 g/mol. The van der Waals surface area contributed by atoms with Crippen LogP contribution in [0.2, 0.25) is 0 Å². The number of hydrogen-bond donors (Lipinski definition) is 1. The summed E-state index contributed by atoms with van der Waals surface area (Å²) >= 11 is 0. The number of nitrogens with zero attached hydrogens (tertiary/aromatic N) is 2. The molecule has 0 radical (unpaired) electrons. The van der Waals surface area contributed by atoms with Crippen LogP contribution >= 0.6 is 0 Å². The van der Waals surface area contributed by atoms with Gasteiger partial charge in [-0.3, -0.25) is 0 Å². The van der Waals surface area contributed by atoms with E-state index in [2.05, 4.69) is 9.97 Å². The van der Waals surface area contributed by atoms with E-state index in [4.69, 9.17) is 13.9 Å². The van der Waals surface area contributed by atoms with Crippen molar-refractivity contribution in [2.45, 2.75) is 33.6 Å². The Labute approximate surface area is 104 Å². The molecule has 18 heavy (non-hydrogen) atoms. The first-order valence-corrected chi connectivity index (χ1v) is 5.70. The van der Waals surface area contributed by atoms with E-state index in [9.17, 15) is 4.79 Å². The Kier molecular flexibility index (Phi) is 3.18. The van der Waals surface area contributed by atoms with Crippen molar-refractivity contribution in [2.24, 2.45) is 0 Å². The summed E-state index contributed by atoms with van der Waals surface area (Å²) in [5.74, 6) is -0.188. The summed E-state index contributed by atoms with van der Waals surface area (Å²) in [5, 5.41) is 9.05. The third-order valence-electron chi connectivity index (χ3n) is 2.48. The maximum atomic E-state index is 11.1. The normalized spacial score (nSPS) is 10.8. The molecule has 0 amide bonds. The topological polar surface area (TPSA) is 89.4 Å². The summed E-state index contributed by atoms with van der Waals surface area (Å²) in [5.41, 5.74) is 1.07. The largest absolute Gasteiger partial charge is 0.475 e. The highest BCUT2D eigenvalue weighted by molar-refractivity contribution is 5.86. The molecule has 0 aliphatic heterocycles. The molecule has 0 spiro atoms. The van der Waals surface area contributed by atoms with Crippen molar-refractivity contribution in [3.63, 3.8) is 0 Å². The average Bonchev–Trinajstić information content (AvgIpc) is 2.83. The zero-order valence-corrected chi connectivity index (χ0v) is 10.5. The molecule has 0 unspecified atom stereocenters. The lowest BCUT2D eigenvalue weighted by Crippen LogP contribution is -1.99. The Morgan fingerprint density at radius 1 is 1.28 bits per heavy atom. The molecule has 0 aliphatic rings. The molecular weight excluding hydrogens is 236 g/mol. The van der Waals surface area contributed by atoms with Gasteiger partial charge in [0.05, 0.1) is 11.4 Å². The van der Waals surface area contributed by atoms with Crippen LogP contribution in [0.5, 0.6) is 0 Å². The van der Waals surface area contributed by atoms with Gasteiger partial charge < -0.3 is 13.9 Å². The molecule has 6 heteroatoms. The fourth-order valence-electron chi connectivity index (χ4n) is 1.75. The van der Waals surface area contributed by atoms with Crippen LogP contribution < -0.4 is 0 Å². The molecule has 1 N–H and O–H groups in total. The number of aromatic carboxylic acids is 1. The average molecular weight is 250 g/mol. The van der Waals surface area contributed by atoms with E-state index < -0.39 is 5.97 Å². The zero-order valence-electron chi connectivity index (χ0n) is 10.5. The fourth-order valence-corrected chi connectivity index (χ4v) is 1.75. The van der Waals surface area contributed by atoms with Crippen molar-refractivity contribution in [3.05, 3.63) is 23.0 Å². The predicted molar refractivity (Wildman–Crippen MR) is 62.4 cm³/mol. The molecule has 2 aromatic rings. The highest BCUT2D eigenvalue weighted by Gasteiger charge is 2.23. The number of carboxylic acids is 1. The molecule has 96 valence electrons. The lowest BCUT2D eigenvalue weighted by Gasteiger charge is -1.91. The van der Waals surface area contributed by atoms with Gasteiger partial charge in [-0.05, 0) is 13.3 Å². The molecule has 2 rings (SSSR count). The van der Waals surface area contributed by atoms with Gasteiger partial charge >= 0.3 is 5.97 Å². The van der Waals surface area contributed by atoms with Crippen molar-refractivity contribution in [1.82, 2.24) is 9.97 Å². The van der Waals surface area contributed by atoms with Crippen molar-refractivity contribution in [1.29, 1.82) is 0 Å². The molecule has 2 aromatic heterocycles. The smallest absolute Gasteiger partial charge is 0.373 e. The Balaban J connectivity index is 2.49. The molecular formula is C12H14N2O4. The Hall–Kier alpha value is -2.11. The molecule has 0 atom stereocenters. The van der Waals surface area contributed by atoms with Gasteiger partial charge in [0.1, 0.15) is 0 Å². The van der Waals surface area contributed by atoms with Gasteiger partial charge in [0, 0.05) is 6.92 Å². The van der Waals surface area contributed by atoms with Gasteiger partial charge in [-0.2, -0.15) is 0 Å². The van der Waals surface area contributed by atoms with Crippen molar-refractivity contribution >= 4 is 5.97 Å². The van der Waals surface area contributed by atoms with E-state index in [0.717, 1.165) is 6.42 Å². The summed E-state index contributed by atoms with van der Waals surface area (Å²) < 4.78 is 10.6. The number of aryl methyl sites for hydroxylation is 3. The number of rotatable bonds is 4. The second-order valence-electron chi connectivity index (χ2n) is 4.00.